The van der Waals surface area contributed by atoms with Crippen LogP contribution in [0.3, 0.4) is 0 Å². The molecule has 2 saturated heterocycles. The molecule has 6 rings (SSSR count). The van der Waals surface area contributed by atoms with E-state index in [2.05, 4.69) is 44.4 Å². The third-order valence-electron chi connectivity index (χ3n) is 8.72. The van der Waals surface area contributed by atoms with Crippen molar-refractivity contribution in [2.45, 2.75) is 69.6 Å². The normalized spacial score (nSPS) is 21.3. The molecule has 2 atom stereocenters. The highest BCUT2D eigenvalue weighted by Crippen LogP contribution is 2.38. The second-order valence-corrected chi connectivity index (χ2v) is 12.0. The fourth-order valence-corrected chi connectivity index (χ4v) is 5.91. The summed E-state index contributed by atoms with van der Waals surface area (Å²) in [7, 11) is 2.13. The molecule has 4 heterocycles. The van der Waals surface area contributed by atoms with Crippen LogP contribution in [0.25, 0.3) is 0 Å². The van der Waals surface area contributed by atoms with Crippen LogP contribution in [-0.2, 0) is 0 Å². The minimum atomic E-state index is -0.665. The zero-order chi connectivity index (χ0) is 29.9. The molecular formula is C32H40N8O3. The van der Waals surface area contributed by atoms with Crippen LogP contribution in [0.2, 0.25) is 0 Å². The summed E-state index contributed by atoms with van der Waals surface area (Å²) in [6.07, 6.45) is 9.54. The number of primary amides is 1. The fourth-order valence-electron chi connectivity index (χ4n) is 5.91. The van der Waals surface area contributed by atoms with E-state index in [1.807, 2.05) is 36.4 Å². The molecule has 3 aliphatic rings. The molecule has 0 spiro atoms. The number of nitrogens with two attached hydrogens (primary N) is 1. The van der Waals surface area contributed by atoms with E-state index in [-0.39, 0.29) is 35.6 Å². The molecule has 11 nitrogen and oxygen atoms in total. The highest BCUT2D eigenvalue weighted by atomic mass is 16.5. The molecule has 3 fully saturated rings. The van der Waals surface area contributed by atoms with E-state index in [9.17, 15) is 9.59 Å². The summed E-state index contributed by atoms with van der Waals surface area (Å²) in [6.45, 7) is 4.88. The lowest BCUT2D eigenvalue weighted by atomic mass is 9.97. The van der Waals surface area contributed by atoms with Gasteiger partial charge in [-0.3, -0.25) is 14.6 Å². The molecule has 43 heavy (non-hydrogen) atoms. The molecule has 0 radical (unpaired) electrons. The summed E-state index contributed by atoms with van der Waals surface area (Å²) in [5, 5.41) is 6.42. The van der Waals surface area contributed by atoms with Crippen LogP contribution < -0.4 is 26.0 Å². The Balaban J connectivity index is 1.13. The van der Waals surface area contributed by atoms with Crippen molar-refractivity contribution in [2.75, 3.05) is 36.9 Å². The molecular weight excluding hydrogens is 544 g/mol. The van der Waals surface area contributed by atoms with Gasteiger partial charge in [-0.1, -0.05) is 0 Å². The zero-order valence-electron chi connectivity index (χ0n) is 24.8. The number of carbonyl (C=O) groups is 2. The average Bonchev–Trinajstić information content (AvgIpc) is 3.86. The van der Waals surface area contributed by atoms with Gasteiger partial charge in [0.15, 0.2) is 11.5 Å². The van der Waals surface area contributed by atoms with Crippen molar-refractivity contribution in [3.8, 4) is 5.75 Å². The van der Waals surface area contributed by atoms with Gasteiger partial charge in [-0.05, 0) is 88.9 Å². The first-order chi connectivity index (χ1) is 20.8. The molecule has 0 unspecified atom stereocenters. The molecule has 2 aromatic heterocycles. The third-order valence-corrected chi connectivity index (χ3v) is 8.72. The Hall–Kier alpha value is -4.25. The summed E-state index contributed by atoms with van der Waals surface area (Å²) in [4.78, 5) is 43.4. The Kier molecular flexibility index (Phi) is 8.42. The molecule has 11 heteroatoms. The topological polar surface area (TPSA) is 139 Å². The first-order valence-corrected chi connectivity index (χ1v) is 15.3. The Bertz CT molecular complexity index is 1440. The monoisotopic (exact) mass is 584 g/mol. The number of hydrogen-bond acceptors (Lipinski definition) is 9. The van der Waals surface area contributed by atoms with Crippen LogP contribution in [-0.4, -0.2) is 76.5 Å². The van der Waals surface area contributed by atoms with Crippen LogP contribution >= 0.6 is 0 Å². The maximum Gasteiger partial charge on any atom is 0.271 e. The second kappa shape index (κ2) is 12.5. The highest BCUT2D eigenvalue weighted by Gasteiger charge is 2.31. The van der Waals surface area contributed by atoms with Crippen molar-refractivity contribution in [3.63, 3.8) is 0 Å². The van der Waals surface area contributed by atoms with E-state index in [4.69, 9.17) is 15.5 Å². The molecule has 2 aliphatic heterocycles. The summed E-state index contributed by atoms with van der Waals surface area (Å²) in [6, 6.07) is 11.3. The number of benzene rings is 1. The predicted octanol–water partition coefficient (Wildman–Crippen LogP) is 3.85. The van der Waals surface area contributed by atoms with Gasteiger partial charge in [-0.15, -0.1) is 0 Å². The Labute approximate surface area is 252 Å². The average molecular weight is 585 g/mol. The van der Waals surface area contributed by atoms with Crippen molar-refractivity contribution >= 4 is 29.1 Å². The van der Waals surface area contributed by atoms with Gasteiger partial charge in [0, 0.05) is 55.2 Å². The molecule has 1 aromatic carbocycles. The van der Waals surface area contributed by atoms with Gasteiger partial charge < -0.3 is 30.9 Å². The number of aromatic nitrogens is 3. The van der Waals surface area contributed by atoms with Crippen LogP contribution in [0.1, 0.15) is 77.9 Å². The summed E-state index contributed by atoms with van der Waals surface area (Å²) >= 11 is 0. The van der Waals surface area contributed by atoms with Crippen LogP contribution in [0.5, 0.6) is 5.75 Å². The Morgan fingerprint density at radius 2 is 1.72 bits per heavy atom. The summed E-state index contributed by atoms with van der Waals surface area (Å²) in [5.74, 6) is 1.45. The van der Waals surface area contributed by atoms with Crippen molar-refractivity contribution in [1.82, 2.24) is 25.2 Å². The SMILES string of the molecule is C[C@@H]1[C@H](NC(=O)c2ccc(C3CC3)nc2)CCCN1c1cnc(C(N)=O)c(Nc2ccc(OC3CCN(C)CC3)cc2)n1. The molecule has 1 aliphatic carbocycles. The number of rotatable bonds is 9. The van der Waals surface area contributed by atoms with Gasteiger partial charge in [0.1, 0.15) is 17.7 Å². The number of carbonyl (C=O) groups excluding carboxylic acids is 2. The van der Waals surface area contributed by atoms with E-state index in [1.165, 1.54) is 12.8 Å². The zero-order valence-corrected chi connectivity index (χ0v) is 24.8. The summed E-state index contributed by atoms with van der Waals surface area (Å²) in [5.41, 5.74) is 8.08. The molecule has 1 saturated carbocycles. The number of hydrogen-bond donors (Lipinski definition) is 3. The molecule has 226 valence electrons. The highest BCUT2D eigenvalue weighted by molar-refractivity contribution is 5.96. The molecule has 4 N–H and O–H groups in total. The van der Waals surface area contributed by atoms with Crippen molar-refractivity contribution in [1.29, 1.82) is 0 Å². The van der Waals surface area contributed by atoms with Crippen molar-refractivity contribution < 1.29 is 14.3 Å². The third kappa shape index (κ3) is 6.88. The first kappa shape index (κ1) is 28.9. The molecule has 2 amide bonds. The number of likely N-dealkylation sites (tertiary alicyclic amines) is 1. The predicted molar refractivity (Wildman–Crippen MR) is 165 cm³/mol. The lowest BCUT2D eigenvalue weighted by Gasteiger charge is -2.40. The minimum Gasteiger partial charge on any atom is -0.490 e. The fraction of sp³-hybridized carbons (Fsp3) is 0.469. The Morgan fingerprint density at radius 1 is 0.953 bits per heavy atom. The van der Waals surface area contributed by atoms with E-state index in [1.54, 1.807) is 12.4 Å². The quantitative estimate of drug-likeness (QED) is 0.342. The molecule has 0 bridgehead atoms. The number of pyridine rings is 1. The van der Waals surface area contributed by atoms with Crippen LogP contribution in [0.15, 0.2) is 48.8 Å². The van der Waals surface area contributed by atoms with Gasteiger partial charge in [-0.2, -0.15) is 0 Å². The van der Waals surface area contributed by atoms with Gasteiger partial charge >= 0.3 is 0 Å². The van der Waals surface area contributed by atoms with Crippen LogP contribution in [0.4, 0.5) is 17.3 Å². The van der Waals surface area contributed by atoms with Crippen molar-refractivity contribution in [2.24, 2.45) is 5.73 Å². The van der Waals surface area contributed by atoms with E-state index >= 15 is 0 Å². The largest absolute Gasteiger partial charge is 0.490 e. The van der Waals surface area contributed by atoms with Gasteiger partial charge in [-0.25, -0.2) is 9.97 Å². The number of nitrogens with one attached hydrogen (secondary N) is 2. The van der Waals surface area contributed by atoms with E-state index in [0.717, 1.165) is 62.4 Å². The standard InChI is InChI=1S/C32H40N8O3/c1-20-26(37-32(42)22-7-12-27(34-18-22)21-5-6-21)4-3-15-40(20)28-19-35-29(30(33)41)31(38-28)36-23-8-10-24(11-9-23)43-25-13-16-39(2)17-14-25/h7-12,18-21,25-26H,3-6,13-17H2,1-2H3,(H2,33,41)(H,36,38)(H,37,42)/t20-,26-/m1/s1. The van der Waals surface area contributed by atoms with E-state index in [0.29, 0.717) is 17.3 Å². The second-order valence-electron chi connectivity index (χ2n) is 12.0. The van der Waals surface area contributed by atoms with Gasteiger partial charge in [0.2, 0.25) is 0 Å². The number of amides is 2. The number of nitrogens with zero attached hydrogens (tertiary/aromatic N) is 5. The minimum absolute atomic E-state index is 0.0472. The lowest BCUT2D eigenvalue weighted by molar-refractivity contribution is 0.0923. The summed E-state index contributed by atoms with van der Waals surface area (Å²) < 4.78 is 6.17. The number of piperidine rings is 2. The lowest BCUT2D eigenvalue weighted by Crippen LogP contribution is -2.54. The first-order valence-electron chi connectivity index (χ1n) is 15.3. The van der Waals surface area contributed by atoms with E-state index < -0.39 is 5.91 Å². The molecule has 3 aromatic rings. The number of ether oxygens (including phenoxy) is 1. The number of anilines is 3. The van der Waals surface area contributed by atoms with Gasteiger partial charge in [0.25, 0.3) is 11.8 Å². The smallest absolute Gasteiger partial charge is 0.271 e. The Morgan fingerprint density at radius 3 is 2.40 bits per heavy atom. The maximum absolute atomic E-state index is 13.1. The van der Waals surface area contributed by atoms with Crippen LogP contribution in [0, 0.1) is 0 Å². The van der Waals surface area contributed by atoms with Gasteiger partial charge in [0.05, 0.1) is 11.8 Å². The van der Waals surface area contributed by atoms with Crippen molar-refractivity contribution in [3.05, 3.63) is 65.7 Å². The maximum atomic E-state index is 13.1.